The quantitative estimate of drug-likeness (QED) is 0.863. The van der Waals surface area contributed by atoms with Gasteiger partial charge in [-0.15, -0.1) is 5.10 Å². The Hall–Kier alpha value is -1.92. The molecule has 1 aliphatic heterocycles. The van der Waals surface area contributed by atoms with Crippen LogP contribution in [-0.2, 0) is 4.79 Å². The Kier molecular flexibility index (Phi) is 4.59. The number of carbonyl (C=O) groups excluding carboxylic acids is 1. The Balaban J connectivity index is 2.15. The van der Waals surface area contributed by atoms with Gasteiger partial charge in [0, 0.05) is 13.0 Å². The average Bonchev–Trinajstić information content (AvgIpc) is 3.06. The minimum absolute atomic E-state index is 0.0676. The van der Waals surface area contributed by atoms with Crippen molar-refractivity contribution in [2.45, 2.75) is 46.1 Å². The third kappa shape index (κ3) is 3.22. The summed E-state index contributed by atoms with van der Waals surface area (Å²) in [6.07, 6.45) is 2.07. The SMILES string of the molecule is CC(C)C(C)CC(=O)N1CCCC1c1n[nH]nc1C(=O)O. The van der Waals surface area contributed by atoms with E-state index < -0.39 is 5.97 Å². The lowest BCUT2D eigenvalue weighted by Gasteiger charge is -2.26. The highest BCUT2D eigenvalue weighted by Gasteiger charge is 2.35. The molecule has 0 radical (unpaired) electrons. The van der Waals surface area contributed by atoms with E-state index in [2.05, 4.69) is 36.2 Å². The summed E-state index contributed by atoms with van der Waals surface area (Å²) in [5.74, 6) is -0.307. The lowest BCUT2D eigenvalue weighted by atomic mass is 9.94. The lowest BCUT2D eigenvalue weighted by molar-refractivity contribution is -0.133. The Bertz CT molecular complexity index is 526. The number of aromatic nitrogens is 3. The van der Waals surface area contributed by atoms with E-state index in [0.29, 0.717) is 30.5 Å². The van der Waals surface area contributed by atoms with Gasteiger partial charge in [0.15, 0.2) is 5.69 Å². The maximum atomic E-state index is 12.5. The highest BCUT2D eigenvalue weighted by Crippen LogP contribution is 2.33. The van der Waals surface area contributed by atoms with Gasteiger partial charge in [-0.25, -0.2) is 4.79 Å². The molecule has 2 atom stereocenters. The molecule has 0 spiro atoms. The molecule has 0 saturated carbocycles. The number of hydrogen-bond donors (Lipinski definition) is 2. The van der Waals surface area contributed by atoms with Crippen LogP contribution in [-0.4, -0.2) is 43.8 Å². The van der Waals surface area contributed by atoms with Crippen molar-refractivity contribution in [2.24, 2.45) is 11.8 Å². The highest BCUT2D eigenvalue weighted by molar-refractivity contribution is 5.87. The van der Waals surface area contributed by atoms with Gasteiger partial charge in [-0.1, -0.05) is 20.8 Å². The minimum Gasteiger partial charge on any atom is -0.476 e. The molecule has 21 heavy (non-hydrogen) atoms. The van der Waals surface area contributed by atoms with Crippen LogP contribution in [0.1, 0.15) is 62.3 Å². The summed E-state index contributed by atoms with van der Waals surface area (Å²) in [5.41, 5.74) is 0.280. The molecule has 1 amide bonds. The van der Waals surface area contributed by atoms with Gasteiger partial charge in [0.2, 0.25) is 5.91 Å². The molecule has 2 rings (SSSR count). The standard InChI is InChI=1S/C14H22N4O3/c1-8(2)9(3)7-11(19)18-6-4-5-10(18)12-13(14(20)21)16-17-15-12/h8-10H,4-7H2,1-3H3,(H,20,21)(H,15,16,17). The van der Waals surface area contributed by atoms with Crippen molar-refractivity contribution in [2.75, 3.05) is 6.54 Å². The zero-order valence-corrected chi connectivity index (χ0v) is 12.7. The van der Waals surface area contributed by atoms with Crippen LogP contribution >= 0.6 is 0 Å². The third-order valence-corrected chi connectivity index (χ3v) is 4.30. The summed E-state index contributed by atoms with van der Waals surface area (Å²) in [7, 11) is 0. The van der Waals surface area contributed by atoms with Gasteiger partial charge in [-0.2, -0.15) is 10.3 Å². The Morgan fingerprint density at radius 3 is 2.71 bits per heavy atom. The molecule has 0 aromatic carbocycles. The largest absolute Gasteiger partial charge is 0.476 e. The first-order chi connectivity index (χ1) is 9.91. The van der Waals surface area contributed by atoms with E-state index in [0.717, 1.165) is 12.8 Å². The smallest absolute Gasteiger partial charge is 0.358 e. The predicted octanol–water partition coefficient (Wildman–Crippen LogP) is 1.85. The molecule has 1 fully saturated rings. The van der Waals surface area contributed by atoms with Crippen LogP contribution in [0.3, 0.4) is 0 Å². The third-order valence-electron chi connectivity index (χ3n) is 4.30. The molecule has 7 heteroatoms. The summed E-state index contributed by atoms with van der Waals surface area (Å²) in [6, 6.07) is -0.276. The number of nitrogens with one attached hydrogen (secondary N) is 1. The fraction of sp³-hybridized carbons (Fsp3) is 0.714. The van der Waals surface area contributed by atoms with E-state index in [4.69, 9.17) is 5.11 Å². The number of carboxylic acids is 1. The molecule has 1 aromatic rings. The van der Waals surface area contributed by atoms with Crippen molar-refractivity contribution in [3.63, 3.8) is 0 Å². The average molecular weight is 294 g/mol. The van der Waals surface area contributed by atoms with Gasteiger partial charge in [0.05, 0.1) is 6.04 Å². The number of aromatic amines is 1. The summed E-state index contributed by atoms with van der Waals surface area (Å²) in [6.45, 7) is 6.91. The maximum absolute atomic E-state index is 12.5. The minimum atomic E-state index is -1.12. The molecule has 1 aromatic heterocycles. The van der Waals surface area contributed by atoms with E-state index in [9.17, 15) is 9.59 Å². The molecule has 1 aliphatic rings. The van der Waals surface area contributed by atoms with E-state index in [1.807, 2.05) is 0 Å². The molecule has 116 valence electrons. The van der Waals surface area contributed by atoms with Gasteiger partial charge in [-0.3, -0.25) is 4.79 Å². The number of likely N-dealkylation sites (tertiary alicyclic amines) is 1. The monoisotopic (exact) mass is 294 g/mol. The lowest BCUT2D eigenvalue weighted by Crippen LogP contribution is -2.33. The number of H-pyrrole nitrogens is 1. The van der Waals surface area contributed by atoms with Gasteiger partial charge in [0.25, 0.3) is 0 Å². The van der Waals surface area contributed by atoms with E-state index in [1.165, 1.54) is 0 Å². The maximum Gasteiger partial charge on any atom is 0.358 e. The van der Waals surface area contributed by atoms with Crippen LogP contribution < -0.4 is 0 Å². The Morgan fingerprint density at radius 2 is 2.10 bits per heavy atom. The summed E-state index contributed by atoms with van der Waals surface area (Å²) in [5, 5.41) is 19.1. The van der Waals surface area contributed by atoms with Crippen LogP contribution in [0.2, 0.25) is 0 Å². The van der Waals surface area contributed by atoms with Crippen molar-refractivity contribution in [3.8, 4) is 0 Å². The molecule has 7 nitrogen and oxygen atoms in total. The predicted molar refractivity (Wildman–Crippen MR) is 75.6 cm³/mol. The number of carboxylic acid groups (broad SMARTS) is 1. The second kappa shape index (κ2) is 6.24. The molecule has 2 N–H and O–H groups in total. The van der Waals surface area contributed by atoms with Crippen LogP contribution in [0.25, 0.3) is 0 Å². The summed E-state index contributed by atoms with van der Waals surface area (Å²) >= 11 is 0. The molecular formula is C14H22N4O3. The Morgan fingerprint density at radius 1 is 1.38 bits per heavy atom. The Labute approximate surface area is 123 Å². The zero-order chi connectivity index (χ0) is 15.6. The first kappa shape index (κ1) is 15.5. The molecular weight excluding hydrogens is 272 g/mol. The zero-order valence-electron chi connectivity index (χ0n) is 12.7. The van der Waals surface area contributed by atoms with Gasteiger partial charge in [-0.05, 0) is 24.7 Å². The van der Waals surface area contributed by atoms with E-state index in [1.54, 1.807) is 4.90 Å². The van der Waals surface area contributed by atoms with Crippen molar-refractivity contribution in [1.29, 1.82) is 0 Å². The first-order valence-corrected chi connectivity index (χ1v) is 7.35. The molecule has 0 aliphatic carbocycles. The van der Waals surface area contributed by atoms with Crippen molar-refractivity contribution >= 4 is 11.9 Å². The second-order valence-corrected chi connectivity index (χ2v) is 6.03. The van der Waals surface area contributed by atoms with Crippen LogP contribution in [0.5, 0.6) is 0 Å². The van der Waals surface area contributed by atoms with Gasteiger partial charge in [0.1, 0.15) is 5.69 Å². The number of aromatic carboxylic acids is 1. The van der Waals surface area contributed by atoms with Crippen LogP contribution in [0.4, 0.5) is 0 Å². The second-order valence-electron chi connectivity index (χ2n) is 6.03. The van der Waals surface area contributed by atoms with Crippen molar-refractivity contribution < 1.29 is 14.7 Å². The number of hydrogen-bond acceptors (Lipinski definition) is 4. The molecule has 1 saturated heterocycles. The van der Waals surface area contributed by atoms with Crippen molar-refractivity contribution in [1.82, 2.24) is 20.3 Å². The molecule has 2 unspecified atom stereocenters. The number of nitrogens with zero attached hydrogens (tertiary/aromatic N) is 3. The van der Waals surface area contributed by atoms with E-state index >= 15 is 0 Å². The summed E-state index contributed by atoms with van der Waals surface area (Å²) in [4.78, 5) is 25.4. The van der Waals surface area contributed by atoms with E-state index in [-0.39, 0.29) is 17.6 Å². The molecule has 2 heterocycles. The topological polar surface area (TPSA) is 99.2 Å². The number of rotatable bonds is 5. The first-order valence-electron chi connectivity index (χ1n) is 7.35. The fourth-order valence-electron chi connectivity index (χ4n) is 2.61. The number of carbonyl (C=O) groups is 2. The van der Waals surface area contributed by atoms with Gasteiger partial charge >= 0.3 is 5.97 Å². The molecule has 0 bridgehead atoms. The van der Waals surface area contributed by atoms with Gasteiger partial charge < -0.3 is 10.0 Å². The summed E-state index contributed by atoms with van der Waals surface area (Å²) < 4.78 is 0. The normalized spacial score (nSPS) is 20.0. The van der Waals surface area contributed by atoms with Crippen LogP contribution in [0, 0.1) is 11.8 Å². The van der Waals surface area contributed by atoms with Crippen LogP contribution in [0.15, 0.2) is 0 Å². The number of amides is 1. The highest BCUT2D eigenvalue weighted by atomic mass is 16.4. The fourth-order valence-corrected chi connectivity index (χ4v) is 2.61. The van der Waals surface area contributed by atoms with Crippen molar-refractivity contribution in [3.05, 3.63) is 11.4 Å².